The number of thiophene rings is 1. The minimum Gasteiger partial charge on any atom is -0.399 e. The summed E-state index contributed by atoms with van der Waals surface area (Å²) >= 11 is 1.65. The molecule has 2 atom stereocenters. The van der Waals surface area contributed by atoms with Crippen molar-refractivity contribution in [3.05, 3.63) is 46.8 Å². The van der Waals surface area contributed by atoms with Crippen LogP contribution in [0.1, 0.15) is 47.8 Å². The minimum atomic E-state index is 0.171. The zero-order valence-electron chi connectivity index (χ0n) is 17.2. The fourth-order valence-corrected chi connectivity index (χ4v) is 5.33. The molecule has 2 fully saturated rings. The summed E-state index contributed by atoms with van der Waals surface area (Å²) in [5.41, 5.74) is 1.90. The maximum atomic E-state index is 13.2. The molecule has 0 N–H and O–H groups in total. The second-order valence-electron chi connectivity index (χ2n) is 7.98. The Morgan fingerprint density at radius 2 is 1.97 bits per heavy atom. The first-order chi connectivity index (χ1) is 14.2. The van der Waals surface area contributed by atoms with Gasteiger partial charge < -0.3 is 9.74 Å². The highest BCUT2D eigenvalue weighted by Gasteiger charge is 2.32. The van der Waals surface area contributed by atoms with Gasteiger partial charge in [-0.3, -0.25) is 9.69 Å². The molecule has 29 heavy (non-hydrogen) atoms. The predicted molar refractivity (Wildman–Crippen MR) is 119 cm³/mol. The Kier molecular flexibility index (Phi) is 6.31. The Labute approximate surface area is 177 Å². The van der Waals surface area contributed by atoms with Gasteiger partial charge in [-0.15, -0.1) is 11.3 Å². The van der Waals surface area contributed by atoms with Crippen LogP contribution in [0.15, 0.2) is 41.6 Å². The molecule has 0 aliphatic carbocycles. The normalized spacial score (nSPS) is 22.6. The number of nitrogens with zero attached hydrogens (tertiary/aromatic N) is 3. The second kappa shape index (κ2) is 9.09. The van der Waals surface area contributed by atoms with Gasteiger partial charge in [-0.2, -0.15) is 0 Å². The van der Waals surface area contributed by atoms with Crippen LogP contribution in [-0.2, 0) is 4.84 Å². The Balaban J connectivity index is 1.43. The molecule has 6 heteroatoms. The maximum Gasteiger partial charge on any atom is 0.254 e. The van der Waals surface area contributed by atoms with E-state index in [1.165, 1.54) is 26.5 Å². The quantitative estimate of drug-likeness (QED) is 0.520. The number of rotatable bonds is 6. The molecule has 4 rings (SSSR count). The fourth-order valence-electron chi connectivity index (χ4n) is 4.45. The molecule has 3 heterocycles. The first-order valence-electron chi connectivity index (χ1n) is 10.5. The summed E-state index contributed by atoms with van der Waals surface area (Å²) in [6.45, 7) is 5.38. The van der Waals surface area contributed by atoms with Gasteiger partial charge >= 0.3 is 0 Å². The third kappa shape index (κ3) is 4.54. The van der Waals surface area contributed by atoms with Gasteiger partial charge in [-0.25, -0.2) is 0 Å². The van der Waals surface area contributed by atoms with Crippen LogP contribution in [-0.4, -0.2) is 60.7 Å². The summed E-state index contributed by atoms with van der Waals surface area (Å²) in [5.74, 6) is 0.171. The van der Waals surface area contributed by atoms with Crippen molar-refractivity contribution in [2.45, 2.75) is 44.7 Å². The zero-order chi connectivity index (χ0) is 20.2. The van der Waals surface area contributed by atoms with Crippen LogP contribution < -0.4 is 0 Å². The van der Waals surface area contributed by atoms with Crippen molar-refractivity contribution < 1.29 is 9.63 Å². The summed E-state index contributed by atoms with van der Waals surface area (Å²) in [6, 6.07) is 13.1. The summed E-state index contributed by atoms with van der Waals surface area (Å²) in [5, 5.41) is 3.81. The third-order valence-electron chi connectivity index (χ3n) is 6.10. The van der Waals surface area contributed by atoms with E-state index >= 15 is 0 Å². The van der Waals surface area contributed by atoms with Crippen LogP contribution in [0.5, 0.6) is 0 Å². The van der Waals surface area contributed by atoms with E-state index in [1.54, 1.807) is 17.6 Å². The smallest absolute Gasteiger partial charge is 0.254 e. The van der Waals surface area contributed by atoms with Crippen molar-refractivity contribution >= 4 is 23.5 Å². The predicted octanol–water partition coefficient (Wildman–Crippen LogP) is 4.48. The van der Waals surface area contributed by atoms with Gasteiger partial charge in [0, 0.05) is 40.5 Å². The van der Waals surface area contributed by atoms with E-state index in [-0.39, 0.29) is 5.91 Å². The molecule has 1 unspecified atom stereocenters. The molecule has 1 aromatic heterocycles. The Hall–Kier alpha value is -2.18. The van der Waals surface area contributed by atoms with Gasteiger partial charge in [-0.05, 0) is 69.0 Å². The van der Waals surface area contributed by atoms with Crippen molar-refractivity contribution in [3.8, 4) is 10.4 Å². The first-order valence-corrected chi connectivity index (χ1v) is 11.3. The number of carbonyl (C=O) groups is 1. The van der Waals surface area contributed by atoms with Crippen LogP contribution in [0.2, 0.25) is 0 Å². The van der Waals surface area contributed by atoms with Gasteiger partial charge in [0.25, 0.3) is 5.91 Å². The van der Waals surface area contributed by atoms with Gasteiger partial charge in [-0.1, -0.05) is 17.3 Å². The van der Waals surface area contributed by atoms with Crippen LogP contribution in [0.4, 0.5) is 0 Å². The Morgan fingerprint density at radius 3 is 2.69 bits per heavy atom. The number of amides is 1. The Morgan fingerprint density at radius 1 is 1.17 bits per heavy atom. The van der Waals surface area contributed by atoms with E-state index in [1.807, 2.05) is 30.3 Å². The summed E-state index contributed by atoms with van der Waals surface area (Å²) < 4.78 is 0. The fraction of sp³-hybridized carbons (Fsp3) is 0.478. The average molecular weight is 412 g/mol. The van der Waals surface area contributed by atoms with E-state index in [4.69, 9.17) is 4.84 Å². The minimum absolute atomic E-state index is 0.171. The molecular formula is C23H29N3O2S. The van der Waals surface area contributed by atoms with Crippen molar-refractivity contribution in [2.75, 3.05) is 26.7 Å². The van der Waals surface area contributed by atoms with Crippen molar-refractivity contribution in [3.63, 3.8) is 0 Å². The SMILES string of the molecule is CO/N=C/c1ccc(-c2ccc(C(=O)N3CCCC3CN3CCC[C@@H]3C)cc2)s1. The van der Waals surface area contributed by atoms with E-state index in [0.29, 0.717) is 12.1 Å². The summed E-state index contributed by atoms with van der Waals surface area (Å²) in [4.78, 5) is 24.8. The largest absolute Gasteiger partial charge is 0.399 e. The van der Waals surface area contributed by atoms with Gasteiger partial charge in [0.15, 0.2) is 0 Å². The highest BCUT2D eigenvalue weighted by Crippen LogP contribution is 2.29. The standard InChI is InChI=1S/C23H29N3O2S/c1-17-5-3-13-25(17)16-20-6-4-14-26(20)23(27)19-9-7-18(8-10-19)22-12-11-21(29-22)15-24-28-2/h7-12,15,17,20H,3-6,13-14,16H2,1-2H3/b24-15+/t17-,20?/m0/s1. The molecule has 0 spiro atoms. The lowest BCUT2D eigenvalue weighted by Crippen LogP contribution is -2.44. The maximum absolute atomic E-state index is 13.2. The highest BCUT2D eigenvalue weighted by molar-refractivity contribution is 7.17. The van der Waals surface area contributed by atoms with E-state index in [0.717, 1.165) is 46.8 Å². The monoisotopic (exact) mass is 411 g/mol. The molecule has 2 aliphatic heterocycles. The molecule has 0 saturated carbocycles. The molecule has 2 aliphatic rings. The van der Waals surface area contributed by atoms with Gasteiger partial charge in [0.05, 0.1) is 6.21 Å². The molecule has 2 saturated heterocycles. The van der Waals surface area contributed by atoms with E-state index < -0.39 is 0 Å². The summed E-state index contributed by atoms with van der Waals surface area (Å²) in [6.07, 6.45) is 6.50. The number of hydrogen-bond donors (Lipinski definition) is 0. The first kappa shape index (κ1) is 20.1. The third-order valence-corrected chi connectivity index (χ3v) is 7.17. The molecule has 0 radical (unpaired) electrons. The average Bonchev–Trinajstić information content (AvgIpc) is 3.48. The lowest BCUT2D eigenvalue weighted by Gasteiger charge is -2.30. The van der Waals surface area contributed by atoms with Crippen LogP contribution >= 0.6 is 11.3 Å². The highest BCUT2D eigenvalue weighted by atomic mass is 32.1. The molecule has 154 valence electrons. The van der Waals surface area contributed by atoms with E-state index in [2.05, 4.69) is 27.9 Å². The number of oxime groups is 1. The lowest BCUT2D eigenvalue weighted by molar-refractivity contribution is 0.0697. The molecule has 1 amide bonds. The molecule has 2 aromatic rings. The van der Waals surface area contributed by atoms with Crippen molar-refractivity contribution in [1.29, 1.82) is 0 Å². The van der Waals surface area contributed by atoms with Gasteiger partial charge in [0.2, 0.25) is 0 Å². The Bertz CT molecular complexity index is 861. The molecule has 0 bridgehead atoms. The number of benzene rings is 1. The second-order valence-corrected chi connectivity index (χ2v) is 9.09. The van der Waals surface area contributed by atoms with Crippen LogP contribution in [0.25, 0.3) is 10.4 Å². The van der Waals surface area contributed by atoms with Crippen LogP contribution in [0, 0.1) is 0 Å². The summed E-state index contributed by atoms with van der Waals surface area (Å²) in [7, 11) is 1.54. The van der Waals surface area contributed by atoms with Crippen molar-refractivity contribution in [2.24, 2.45) is 5.16 Å². The zero-order valence-corrected chi connectivity index (χ0v) is 18.0. The van der Waals surface area contributed by atoms with Crippen LogP contribution in [0.3, 0.4) is 0 Å². The van der Waals surface area contributed by atoms with Gasteiger partial charge in [0.1, 0.15) is 7.11 Å². The number of likely N-dealkylation sites (tertiary alicyclic amines) is 2. The lowest BCUT2D eigenvalue weighted by atomic mass is 10.1. The molecular weight excluding hydrogens is 382 g/mol. The molecule has 1 aromatic carbocycles. The number of carbonyl (C=O) groups excluding carboxylic acids is 1. The number of hydrogen-bond acceptors (Lipinski definition) is 5. The topological polar surface area (TPSA) is 45.1 Å². The van der Waals surface area contributed by atoms with E-state index in [9.17, 15) is 4.79 Å². The van der Waals surface area contributed by atoms with Crippen molar-refractivity contribution in [1.82, 2.24) is 9.80 Å². The molecule has 5 nitrogen and oxygen atoms in total.